The van der Waals surface area contributed by atoms with Gasteiger partial charge in [-0.25, -0.2) is 0 Å². The summed E-state index contributed by atoms with van der Waals surface area (Å²) in [6.07, 6.45) is 2.70. The molecule has 1 heterocycles. The van der Waals surface area contributed by atoms with Crippen LogP contribution in [-0.4, -0.2) is 22.2 Å². The number of carbonyl (C=O) groups excluding carboxylic acids is 1. The molecule has 0 aromatic carbocycles. The summed E-state index contributed by atoms with van der Waals surface area (Å²) in [5, 5.41) is 0. The molecule has 5 atom stereocenters. The van der Waals surface area contributed by atoms with Gasteiger partial charge in [-0.2, -0.15) is 0 Å². The Labute approximate surface area is 141 Å². The molecular weight excluding hydrogens is 335 g/mol. The predicted molar refractivity (Wildman–Crippen MR) is 84.5 cm³/mol. The molecule has 2 rings (SSSR count). The van der Waals surface area contributed by atoms with Crippen molar-refractivity contribution in [1.82, 2.24) is 0 Å². The topological polar surface area (TPSA) is 35.5 Å². The van der Waals surface area contributed by atoms with Gasteiger partial charge in [-0.15, -0.1) is 0 Å². The lowest BCUT2D eigenvalue weighted by Gasteiger charge is -2.39. The highest BCUT2D eigenvalue weighted by Gasteiger charge is 2.49. The Balaban J connectivity index is 2.08. The average molecular weight is 358 g/mol. The highest BCUT2D eigenvalue weighted by atomic mass is 35.6. The van der Waals surface area contributed by atoms with Crippen LogP contribution < -0.4 is 0 Å². The number of alkyl halides is 3. The van der Waals surface area contributed by atoms with Gasteiger partial charge in [0.1, 0.15) is 0 Å². The van der Waals surface area contributed by atoms with E-state index in [9.17, 15) is 4.79 Å². The smallest absolute Gasteiger partial charge is 0.308 e. The van der Waals surface area contributed by atoms with Crippen LogP contribution in [0, 0.1) is 23.7 Å². The second-order valence-electron chi connectivity index (χ2n) is 6.71. The summed E-state index contributed by atoms with van der Waals surface area (Å²) < 4.78 is 9.81. The van der Waals surface area contributed by atoms with Crippen LogP contribution in [0.2, 0.25) is 0 Å². The van der Waals surface area contributed by atoms with Crippen LogP contribution in [0.15, 0.2) is 0 Å². The molecule has 21 heavy (non-hydrogen) atoms. The molecule has 0 amide bonds. The highest BCUT2D eigenvalue weighted by Crippen LogP contribution is 2.45. The van der Waals surface area contributed by atoms with E-state index in [-0.39, 0.29) is 18.5 Å². The van der Waals surface area contributed by atoms with Gasteiger partial charge in [0.15, 0.2) is 3.79 Å². The first-order chi connectivity index (χ1) is 9.68. The molecule has 1 saturated heterocycles. The molecule has 2 aliphatic rings. The normalized spacial score (nSPS) is 37.9. The largest absolute Gasteiger partial charge is 0.435 e. The monoisotopic (exact) mass is 356 g/mol. The maximum atomic E-state index is 11.6. The Morgan fingerprint density at radius 3 is 2.52 bits per heavy atom. The quantitative estimate of drug-likeness (QED) is 0.541. The van der Waals surface area contributed by atoms with Crippen molar-refractivity contribution in [2.75, 3.05) is 0 Å². The molecule has 0 aromatic heterocycles. The number of ether oxygens (including phenoxy) is 2. The average Bonchev–Trinajstić information content (AvgIpc) is 2.69. The molecule has 1 aliphatic carbocycles. The van der Waals surface area contributed by atoms with Crippen LogP contribution in [0.25, 0.3) is 0 Å². The molecule has 0 spiro atoms. The van der Waals surface area contributed by atoms with Crippen molar-refractivity contribution in [3.05, 3.63) is 0 Å². The summed E-state index contributed by atoms with van der Waals surface area (Å²) in [6, 6.07) is 0. The third-order valence-corrected chi connectivity index (χ3v) is 5.49. The van der Waals surface area contributed by atoms with Gasteiger partial charge in [0.05, 0.1) is 18.4 Å². The second-order valence-corrected chi connectivity index (χ2v) is 9.08. The number of hydrogen-bond acceptors (Lipinski definition) is 3. The predicted octanol–water partition coefficient (Wildman–Crippen LogP) is 4.72. The van der Waals surface area contributed by atoms with Crippen LogP contribution in [0.4, 0.5) is 0 Å². The minimum atomic E-state index is -1.55. The van der Waals surface area contributed by atoms with Crippen molar-refractivity contribution in [3.63, 3.8) is 0 Å². The van der Waals surface area contributed by atoms with Gasteiger partial charge in [-0.1, -0.05) is 62.0 Å². The summed E-state index contributed by atoms with van der Waals surface area (Å²) in [5.41, 5.74) is 0. The third kappa shape index (κ3) is 4.40. The van der Waals surface area contributed by atoms with Gasteiger partial charge in [0.2, 0.25) is 6.29 Å². The lowest BCUT2D eigenvalue weighted by molar-refractivity contribution is -0.195. The minimum Gasteiger partial charge on any atom is -0.435 e. The van der Waals surface area contributed by atoms with Crippen LogP contribution in [0.5, 0.6) is 0 Å². The van der Waals surface area contributed by atoms with E-state index >= 15 is 0 Å². The number of esters is 1. The second kappa shape index (κ2) is 6.82. The molecule has 0 radical (unpaired) electrons. The van der Waals surface area contributed by atoms with Crippen molar-refractivity contribution in [2.24, 2.45) is 23.7 Å². The summed E-state index contributed by atoms with van der Waals surface area (Å²) >= 11 is 17.9. The van der Waals surface area contributed by atoms with E-state index in [4.69, 9.17) is 44.3 Å². The fourth-order valence-electron chi connectivity index (χ4n) is 3.37. The van der Waals surface area contributed by atoms with Crippen molar-refractivity contribution >= 4 is 40.8 Å². The Morgan fingerprint density at radius 2 is 1.95 bits per heavy atom. The van der Waals surface area contributed by atoms with Crippen molar-refractivity contribution < 1.29 is 14.3 Å². The molecule has 1 saturated carbocycles. The molecule has 3 nitrogen and oxygen atoms in total. The van der Waals surface area contributed by atoms with E-state index in [2.05, 4.69) is 20.8 Å². The maximum Gasteiger partial charge on any atom is 0.308 e. The third-order valence-electron chi connectivity index (χ3n) is 4.65. The first-order valence-electron chi connectivity index (χ1n) is 7.60. The van der Waals surface area contributed by atoms with Gasteiger partial charge in [0.25, 0.3) is 0 Å². The van der Waals surface area contributed by atoms with E-state index in [1.54, 1.807) is 0 Å². The fraction of sp³-hybridized carbons (Fsp3) is 0.933. The van der Waals surface area contributed by atoms with Crippen molar-refractivity contribution in [3.8, 4) is 0 Å². The lowest BCUT2D eigenvalue weighted by atomic mass is 9.75. The molecule has 122 valence electrons. The fourth-order valence-corrected chi connectivity index (χ4v) is 3.91. The molecule has 2 fully saturated rings. The molecule has 0 N–H and O–H groups in total. The number of carbonyl (C=O) groups is 1. The van der Waals surface area contributed by atoms with Crippen LogP contribution in [0.3, 0.4) is 0 Å². The molecule has 0 aromatic rings. The zero-order valence-corrected chi connectivity index (χ0v) is 14.9. The van der Waals surface area contributed by atoms with E-state index in [1.807, 2.05) is 0 Å². The standard InChI is InChI=1S/C15H23Cl3O3/c1-8(2)10-5-4-9(3)6-12(10)20-14-11(15(16,17)18)7-13(19)21-14/h8-12,14H,4-7H2,1-3H3/t9-,10+,11-,12-,14-/m1/s1. The zero-order chi connectivity index (χ0) is 15.8. The van der Waals surface area contributed by atoms with E-state index in [0.29, 0.717) is 17.8 Å². The van der Waals surface area contributed by atoms with E-state index < -0.39 is 16.0 Å². The minimum absolute atomic E-state index is 0.0551. The van der Waals surface area contributed by atoms with Crippen molar-refractivity contribution in [1.29, 1.82) is 0 Å². The first kappa shape index (κ1) is 17.7. The van der Waals surface area contributed by atoms with Gasteiger partial charge in [-0.05, 0) is 30.6 Å². The maximum absolute atomic E-state index is 11.6. The molecule has 0 unspecified atom stereocenters. The first-order valence-corrected chi connectivity index (χ1v) is 8.73. The summed E-state index contributed by atoms with van der Waals surface area (Å²) in [4.78, 5) is 11.6. The Hall–Kier alpha value is 0.300. The summed E-state index contributed by atoms with van der Waals surface area (Å²) in [6.45, 7) is 6.62. The summed E-state index contributed by atoms with van der Waals surface area (Å²) in [5.74, 6) is 0.678. The lowest BCUT2D eigenvalue weighted by Crippen LogP contribution is -2.40. The zero-order valence-electron chi connectivity index (χ0n) is 12.7. The molecule has 0 bridgehead atoms. The number of rotatable bonds is 3. The molecular formula is C15H23Cl3O3. The van der Waals surface area contributed by atoms with Gasteiger partial charge < -0.3 is 9.47 Å². The van der Waals surface area contributed by atoms with Gasteiger partial charge in [-0.3, -0.25) is 4.79 Å². The van der Waals surface area contributed by atoms with Crippen molar-refractivity contribution in [2.45, 2.75) is 62.6 Å². The summed E-state index contributed by atoms with van der Waals surface area (Å²) in [7, 11) is 0. The van der Waals surface area contributed by atoms with E-state index in [1.165, 1.54) is 6.42 Å². The number of hydrogen-bond donors (Lipinski definition) is 0. The number of cyclic esters (lactones) is 1. The van der Waals surface area contributed by atoms with Gasteiger partial charge in [0, 0.05) is 0 Å². The van der Waals surface area contributed by atoms with Crippen LogP contribution >= 0.6 is 34.8 Å². The SMILES string of the molecule is CC(C)[C@@H]1CC[C@@H](C)C[C@H]1O[C@@H]1OC(=O)C[C@H]1C(Cl)(Cl)Cl. The molecule has 6 heteroatoms. The Kier molecular flexibility index (Phi) is 5.73. The highest BCUT2D eigenvalue weighted by molar-refractivity contribution is 6.67. The van der Waals surface area contributed by atoms with Crippen LogP contribution in [0.1, 0.15) is 46.5 Å². The molecule has 1 aliphatic heterocycles. The Morgan fingerprint density at radius 1 is 1.29 bits per heavy atom. The van der Waals surface area contributed by atoms with Gasteiger partial charge >= 0.3 is 5.97 Å². The van der Waals surface area contributed by atoms with Crippen LogP contribution in [-0.2, 0) is 14.3 Å². The Bertz CT molecular complexity index is 381. The van der Waals surface area contributed by atoms with E-state index in [0.717, 1.165) is 12.8 Å². The number of halogens is 3.